The van der Waals surface area contributed by atoms with Crippen LogP contribution < -0.4 is 10.6 Å². The zero-order valence-corrected chi connectivity index (χ0v) is 20.9. The molecular weight excluding hydrogens is 476 g/mol. The number of carbonyl (C=O) groups is 1. The molecule has 37 heavy (non-hydrogen) atoms. The number of nitrogens with zero attached hydrogens (tertiary/aromatic N) is 6. The average molecular weight is 505 g/mol. The van der Waals surface area contributed by atoms with Crippen LogP contribution in [0, 0.1) is 32.8 Å². The van der Waals surface area contributed by atoms with E-state index in [1.54, 1.807) is 19.2 Å². The summed E-state index contributed by atoms with van der Waals surface area (Å²) < 4.78 is 0. The highest BCUT2D eigenvalue weighted by Crippen LogP contribution is 2.31. The Bertz CT molecular complexity index is 1250. The van der Waals surface area contributed by atoms with E-state index in [4.69, 9.17) is 0 Å². The number of carbonyl (C=O) groups excluding carboxylic acids is 1. The first-order valence-electron chi connectivity index (χ1n) is 11.4. The van der Waals surface area contributed by atoms with Gasteiger partial charge in [0.1, 0.15) is 23.5 Å². The topological polar surface area (TPSA) is 180 Å². The SMILES string of the molecule is C=C(O)CCN(CCC)C1=CC(NC)C=C(N=Nc2c(C#N)cc([N+](=O)[O-])cc2C#N)C(NC(C)=O)=C1. The lowest BCUT2D eigenvalue weighted by atomic mass is 10.1. The number of non-ortho nitro benzene ring substituents is 1. The molecule has 1 aliphatic carbocycles. The van der Waals surface area contributed by atoms with Gasteiger partial charge in [-0.3, -0.25) is 14.9 Å². The Kier molecular flexibility index (Phi) is 10.2. The van der Waals surface area contributed by atoms with Gasteiger partial charge in [0.2, 0.25) is 5.91 Å². The van der Waals surface area contributed by atoms with Crippen LogP contribution in [0.5, 0.6) is 0 Å². The molecule has 0 spiro atoms. The predicted octanol–water partition coefficient (Wildman–Crippen LogP) is 3.99. The van der Waals surface area contributed by atoms with Gasteiger partial charge >= 0.3 is 0 Å². The van der Waals surface area contributed by atoms with Crippen LogP contribution in [0.3, 0.4) is 0 Å². The highest BCUT2D eigenvalue weighted by molar-refractivity contribution is 5.76. The van der Waals surface area contributed by atoms with Gasteiger partial charge in [0.05, 0.1) is 27.5 Å². The van der Waals surface area contributed by atoms with Crippen LogP contribution >= 0.6 is 0 Å². The minimum atomic E-state index is -0.701. The summed E-state index contributed by atoms with van der Waals surface area (Å²) in [6.45, 7) is 8.08. The first-order chi connectivity index (χ1) is 17.6. The number of hydrogen-bond acceptors (Lipinski definition) is 10. The number of nitriles is 2. The molecular formula is C25H28N8O4. The van der Waals surface area contributed by atoms with E-state index >= 15 is 0 Å². The van der Waals surface area contributed by atoms with Crippen LogP contribution in [-0.2, 0) is 4.79 Å². The lowest BCUT2D eigenvalue weighted by Gasteiger charge is -2.26. The van der Waals surface area contributed by atoms with Gasteiger partial charge in [-0.15, -0.1) is 10.2 Å². The van der Waals surface area contributed by atoms with Gasteiger partial charge < -0.3 is 20.6 Å². The summed E-state index contributed by atoms with van der Waals surface area (Å²) in [6, 6.07) is 5.34. The number of nitro benzene ring substituents is 1. The van der Waals surface area contributed by atoms with Gasteiger partial charge in [-0.05, 0) is 31.7 Å². The van der Waals surface area contributed by atoms with Crippen molar-refractivity contribution in [3.05, 3.63) is 81.0 Å². The number of rotatable bonds is 11. The monoisotopic (exact) mass is 504 g/mol. The number of azo groups is 1. The number of amides is 1. The molecule has 1 aliphatic rings. The van der Waals surface area contributed by atoms with Crippen molar-refractivity contribution in [2.45, 2.75) is 32.7 Å². The van der Waals surface area contributed by atoms with Gasteiger partial charge in [0.25, 0.3) is 5.69 Å². The zero-order chi connectivity index (χ0) is 27.5. The highest BCUT2D eigenvalue weighted by Gasteiger charge is 2.20. The second-order valence-corrected chi connectivity index (χ2v) is 8.07. The third-order valence-electron chi connectivity index (χ3n) is 5.23. The van der Waals surface area contributed by atoms with Crippen LogP contribution in [0.4, 0.5) is 11.4 Å². The second kappa shape index (κ2) is 13.3. The number of nitrogens with one attached hydrogen (secondary N) is 2. The Morgan fingerprint density at radius 1 is 1.24 bits per heavy atom. The number of nitro groups is 1. The van der Waals surface area contributed by atoms with Crippen molar-refractivity contribution in [2.24, 2.45) is 10.2 Å². The van der Waals surface area contributed by atoms with Crippen LogP contribution in [0.1, 0.15) is 37.8 Å². The molecule has 0 bridgehead atoms. The molecule has 12 nitrogen and oxygen atoms in total. The molecule has 2 rings (SSSR count). The van der Waals surface area contributed by atoms with Crippen molar-refractivity contribution in [1.82, 2.24) is 15.5 Å². The third-order valence-corrected chi connectivity index (χ3v) is 5.23. The Balaban J connectivity index is 2.61. The van der Waals surface area contributed by atoms with Gasteiger partial charge in [0.15, 0.2) is 0 Å². The summed E-state index contributed by atoms with van der Waals surface area (Å²) in [7, 11) is 1.74. The van der Waals surface area contributed by atoms with Gasteiger partial charge in [-0.25, -0.2) is 0 Å². The van der Waals surface area contributed by atoms with Crippen molar-refractivity contribution in [2.75, 3.05) is 20.1 Å². The molecule has 1 aromatic carbocycles. The fourth-order valence-electron chi connectivity index (χ4n) is 3.51. The Morgan fingerprint density at radius 3 is 2.38 bits per heavy atom. The molecule has 0 aromatic heterocycles. The molecule has 0 radical (unpaired) electrons. The summed E-state index contributed by atoms with van der Waals surface area (Å²) in [5, 5.41) is 54.0. The Morgan fingerprint density at radius 2 is 1.89 bits per heavy atom. The number of likely N-dealkylation sites (N-methyl/N-ethyl adjacent to an activating group) is 1. The molecule has 1 unspecified atom stereocenters. The third kappa shape index (κ3) is 7.85. The lowest BCUT2D eigenvalue weighted by Crippen LogP contribution is -2.28. The normalized spacial score (nSPS) is 14.9. The average Bonchev–Trinajstić information content (AvgIpc) is 3.03. The molecule has 0 saturated carbocycles. The standard InChI is InChI=1S/C25H28N8O4/c1-5-7-32(8-6-16(2)34)21-11-20(28-4)12-24(23(13-21)29-17(3)35)30-31-25-18(14-26)9-22(33(36)37)10-19(25)15-27/h9-13,20,28,34H,2,5-8H2,1,3-4H3,(H,29,35). The molecule has 0 aliphatic heterocycles. The highest BCUT2D eigenvalue weighted by atomic mass is 16.6. The molecule has 1 aromatic rings. The van der Waals surface area contributed by atoms with Gasteiger partial charge in [-0.1, -0.05) is 13.5 Å². The molecule has 0 heterocycles. The number of allylic oxidation sites excluding steroid dienone is 1. The molecule has 1 atom stereocenters. The summed E-state index contributed by atoms with van der Waals surface area (Å²) >= 11 is 0. The Hall–Kier alpha value is -4.81. The molecule has 0 saturated heterocycles. The molecule has 12 heteroatoms. The molecule has 3 N–H and O–H groups in total. The zero-order valence-electron chi connectivity index (χ0n) is 20.9. The van der Waals surface area contributed by atoms with Crippen molar-refractivity contribution in [3.63, 3.8) is 0 Å². The number of hydrogen-bond donors (Lipinski definition) is 3. The maximum Gasteiger partial charge on any atom is 0.272 e. The van der Waals surface area contributed by atoms with Gasteiger partial charge in [-0.2, -0.15) is 10.5 Å². The van der Waals surface area contributed by atoms with Crippen LogP contribution in [0.15, 0.2) is 70.0 Å². The maximum absolute atomic E-state index is 12.0. The minimum absolute atomic E-state index is 0.0591. The summed E-state index contributed by atoms with van der Waals surface area (Å²) in [4.78, 5) is 24.5. The van der Waals surface area contributed by atoms with E-state index in [-0.39, 0.29) is 40.2 Å². The van der Waals surface area contributed by atoms with E-state index in [1.165, 1.54) is 6.92 Å². The van der Waals surface area contributed by atoms with E-state index in [0.29, 0.717) is 25.2 Å². The molecule has 0 fully saturated rings. The first kappa shape index (κ1) is 28.4. The summed E-state index contributed by atoms with van der Waals surface area (Å²) in [5.74, 6) is -0.296. The minimum Gasteiger partial charge on any atom is -0.513 e. The molecule has 192 valence electrons. The van der Waals surface area contributed by atoms with E-state index in [0.717, 1.165) is 24.3 Å². The van der Waals surface area contributed by atoms with Crippen molar-refractivity contribution < 1.29 is 14.8 Å². The summed E-state index contributed by atoms with van der Waals surface area (Å²) in [5.41, 5.74) is 0.431. The largest absolute Gasteiger partial charge is 0.513 e. The van der Waals surface area contributed by atoms with E-state index in [2.05, 4.69) is 27.4 Å². The van der Waals surface area contributed by atoms with E-state index < -0.39 is 10.6 Å². The number of aliphatic hydroxyl groups is 1. The lowest BCUT2D eigenvalue weighted by molar-refractivity contribution is -0.384. The molecule has 1 amide bonds. The smallest absolute Gasteiger partial charge is 0.272 e. The van der Waals surface area contributed by atoms with Crippen LogP contribution in [0.2, 0.25) is 0 Å². The van der Waals surface area contributed by atoms with E-state index in [1.807, 2.05) is 30.0 Å². The second-order valence-electron chi connectivity index (χ2n) is 8.07. The fraction of sp³-hybridized carbons (Fsp3) is 0.320. The number of benzene rings is 1. The first-order valence-corrected chi connectivity index (χ1v) is 11.4. The van der Waals surface area contributed by atoms with Crippen molar-refractivity contribution >= 4 is 17.3 Å². The van der Waals surface area contributed by atoms with E-state index in [9.17, 15) is 30.5 Å². The van der Waals surface area contributed by atoms with Crippen LogP contribution in [-0.4, -0.2) is 47.0 Å². The van der Waals surface area contributed by atoms with Gasteiger partial charge in [0, 0.05) is 50.3 Å². The van der Waals surface area contributed by atoms with Crippen molar-refractivity contribution in [1.29, 1.82) is 10.5 Å². The summed E-state index contributed by atoms with van der Waals surface area (Å²) in [6.07, 6.45) is 6.55. The van der Waals surface area contributed by atoms with Crippen LogP contribution in [0.25, 0.3) is 0 Å². The predicted molar refractivity (Wildman–Crippen MR) is 136 cm³/mol. The van der Waals surface area contributed by atoms with Crippen molar-refractivity contribution in [3.8, 4) is 12.1 Å². The Labute approximate surface area is 214 Å². The maximum atomic E-state index is 12.0. The quantitative estimate of drug-likeness (QED) is 0.175. The number of aliphatic hydroxyl groups excluding tert-OH is 1. The fourth-order valence-corrected chi connectivity index (χ4v) is 3.51.